The van der Waals surface area contributed by atoms with Gasteiger partial charge in [0.15, 0.2) is 0 Å². The van der Waals surface area contributed by atoms with Crippen LogP contribution in [0.2, 0.25) is 0 Å². The Morgan fingerprint density at radius 2 is 2.46 bits per heavy atom. The van der Waals surface area contributed by atoms with Gasteiger partial charge >= 0.3 is 0 Å². The van der Waals surface area contributed by atoms with Crippen LogP contribution in [0.5, 0.6) is 0 Å². The van der Waals surface area contributed by atoms with Crippen molar-refractivity contribution in [3.8, 4) is 6.07 Å². The zero-order chi connectivity index (χ0) is 9.68. The molecule has 1 N–H and O–H groups in total. The molecule has 0 saturated heterocycles. The van der Waals surface area contributed by atoms with E-state index in [1.165, 1.54) is 0 Å². The van der Waals surface area contributed by atoms with Crippen LogP contribution < -0.4 is 5.32 Å². The van der Waals surface area contributed by atoms with Gasteiger partial charge in [0.25, 0.3) is 0 Å². The smallest absolute Gasteiger partial charge is 0.224 e. The van der Waals surface area contributed by atoms with Crippen molar-refractivity contribution in [1.29, 1.82) is 5.26 Å². The van der Waals surface area contributed by atoms with Crippen molar-refractivity contribution in [2.75, 3.05) is 5.32 Å². The summed E-state index contributed by atoms with van der Waals surface area (Å²) in [7, 11) is 0. The fraction of sp³-hybridized carbons (Fsp3) is 0.444. The molecule has 0 bridgehead atoms. The second-order valence-corrected chi connectivity index (χ2v) is 2.83. The van der Waals surface area contributed by atoms with E-state index in [2.05, 4.69) is 22.2 Å². The van der Waals surface area contributed by atoms with E-state index < -0.39 is 0 Å². The minimum absolute atomic E-state index is 0.328. The predicted molar refractivity (Wildman–Crippen MR) is 50.1 cm³/mol. The first-order chi connectivity index (χ1) is 6.26. The van der Waals surface area contributed by atoms with Crippen molar-refractivity contribution >= 4 is 5.95 Å². The normalized spacial score (nSPS) is 11.8. The Morgan fingerprint density at radius 1 is 1.69 bits per heavy atom. The van der Waals surface area contributed by atoms with E-state index in [1.807, 2.05) is 13.0 Å². The first-order valence-corrected chi connectivity index (χ1v) is 4.26. The Labute approximate surface area is 77.6 Å². The molecule has 1 rings (SSSR count). The largest absolute Gasteiger partial charge is 0.352 e. The third-order valence-electron chi connectivity index (χ3n) is 1.76. The molecule has 1 aromatic heterocycles. The SMILES string of the molecule is CCC(C)Nc1nccc(C#N)n1. The van der Waals surface area contributed by atoms with Crippen LogP contribution in [0.1, 0.15) is 26.0 Å². The Balaban J connectivity index is 2.73. The first-order valence-electron chi connectivity index (χ1n) is 4.26. The van der Waals surface area contributed by atoms with Gasteiger partial charge in [0, 0.05) is 12.2 Å². The molecule has 68 valence electrons. The summed E-state index contributed by atoms with van der Waals surface area (Å²) in [5.74, 6) is 0.522. The van der Waals surface area contributed by atoms with Crippen LogP contribution in [0.4, 0.5) is 5.95 Å². The summed E-state index contributed by atoms with van der Waals surface area (Å²) in [5.41, 5.74) is 0.390. The highest BCUT2D eigenvalue weighted by Crippen LogP contribution is 2.02. The van der Waals surface area contributed by atoms with Gasteiger partial charge in [-0.3, -0.25) is 0 Å². The molecule has 0 spiro atoms. The van der Waals surface area contributed by atoms with Crippen LogP contribution in [0.3, 0.4) is 0 Å². The molecule has 1 unspecified atom stereocenters. The first kappa shape index (κ1) is 9.46. The van der Waals surface area contributed by atoms with Gasteiger partial charge in [-0.1, -0.05) is 6.92 Å². The molecule has 0 fully saturated rings. The minimum Gasteiger partial charge on any atom is -0.352 e. The molecule has 0 radical (unpaired) electrons. The molecule has 0 amide bonds. The van der Waals surface area contributed by atoms with Crippen LogP contribution in [-0.4, -0.2) is 16.0 Å². The molecule has 1 atom stereocenters. The van der Waals surface area contributed by atoms with Crippen molar-refractivity contribution in [2.45, 2.75) is 26.3 Å². The quantitative estimate of drug-likeness (QED) is 0.759. The van der Waals surface area contributed by atoms with Crippen molar-refractivity contribution in [2.24, 2.45) is 0 Å². The number of anilines is 1. The highest BCUT2D eigenvalue weighted by atomic mass is 15.1. The molecule has 13 heavy (non-hydrogen) atoms. The van der Waals surface area contributed by atoms with Gasteiger partial charge in [0.1, 0.15) is 11.8 Å². The van der Waals surface area contributed by atoms with Crippen LogP contribution >= 0.6 is 0 Å². The maximum Gasteiger partial charge on any atom is 0.224 e. The molecule has 1 heterocycles. The fourth-order valence-electron chi connectivity index (χ4n) is 0.813. The standard InChI is InChI=1S/C9H12N4/c1-3-7(2)12-9-11-5-4-8(6-10)13-9/h4-5,7H,3H2,1-2H3,(H,11,12,13). The molecule has 0 aromatic carbocycles. The number of aromatic nitrogens is 2. The maximum absolute atomic E-state index is 8.59. The van der Waals surface area contributed by atoms with Crippen LogP contribution in [0.25, 0.3) is 0 Å². The fourth-order valence-corrected chi connectivity index (χ4v) is 0.813. The van der Waals surface area contributed by atoms with Crippen molar-refractivity contribution in [3.63, 3.8) is 0 Å². The summed E-state index contributed by atoms with van der Waals surface area (Å²) in [5, 5.41) is 11.7. The van der Waals surface area contributed by atoms with Crippen LogP contribution in [0, 0.1) is 11.3 Å². The number of hydrogen-bond donors (Lipinski definition) is 1. The van der Waals surface area contributed by atoms with Crippen molar-refractivity contribution in [1.82, 2.24) is 9.97 Å². The van der Waals surface area contributed by atoms with Gasteiger partial charge in [-0.05, 0) is 19.4 Å². The Morgan fingerprint density at radius 3 is 3.08 bits per heavy atom. The van der Waals surface area contributed by atoms with Crippen molar-refractivity contribution < 1.29 is 0 Å². The molecule has 1 aromatic rings. The topological polar surface area (TPSA) is 61.6 Å². The summed E-state index contributed by atoms with van der Waals surface area (Å²) < 4.78 is 0. The second kappa shape index (κ2) is 4.41. The van der Waals surface area contributed by atoms with E-state index in [0.717, 1.165) is 6.42 Å². The van der Waals surface area contributed by atoms with E-state index in [1.54, 1.807) is 12.3 Å². The summed E-state index contributed by atoms with van der Waals surface area (Å²) in [6.45, 7) is 4.12. The molecule has 4 heteroatoms. The highest BCUT2D eigenvalue weighted by molar-refractivity contribution is 5.30. The van der Waals surface area contributed by atoms with Crippen LogP contribution in [-0.2, 0) is 0 Å². The average molecular weight is 176 g/mol. The number of nitrogens with one attached hydrogen (secondary N) is 1. The summed E-state index contributed by atoms with van der Waals surface area (Å²) in [4.78, 5) is 8.00. The Kier molecular flexibility index (Phi) is 3.21. The molecule has 0 aliphatic rings. The predicted octanol–water partition coefficient (Wildman–Crippen LogP) is 1.56. The van der Waals surface area contributed by atoms with E-state index in [4.69, 9.17) is 5.26 Å². The average Bonchev–Trinajstić information content (AvgIpc) is 2.18. The lowest BCUT2D eigenvalue weighted by molar-refractivity contribution is 0.752. The van der Waals surface area contributed by atoms with E-state index in [0.29, 0.717) is 17.7 Å². The summed E-state index contributed by atoms with van der Waals surface area (Å²) >= 11 is 0. The summed E-state index contributed by atoms with van der Waals surface area (Å²) in [6, 6.07) is 3.88. The zero-order valence-corrected chi connectivity index (χ0v) is 7.78. The molecule has 4 nitrogen and oxygen atoms in total. The third kappa shape index (κ3) is 2.71. The third-order valence-corrected chi connectivity index (χ3v) is 1.76. The number of rotatable bonds is 3. The van der Waals surface area contributed by atoms with E-state index in [9.17, 15) is 0 Å². The van der Waals surface area contributed by atoms with Gasteiger partial charge < -0.3 is 5.32 Å². The second-order valence-electron chi connectivity index (χ2n) is 2.83. The molecule has 0 aliphatic carbocycles. The van der Waals surface area contributed by atoms with Gasteiger partial charge in [0.05, 0.1) is 0 Å². The molecular formula is C9H12N4. The Hall–Kier alpha value is -1.63. The lowest BCUT2D eigenvalue weighted by Crippen LogP contribution is -2.15. The van der Waals surface area contributed by atoms with Gasteiger partial charge in [-0.25, -0.2) is 9.97 Å². The minimum atomic E-state index is 0.328. The number of hydrogen-bond acceptors (Lipinski definition) is 4. The van der Waals surface area contributed by atoms with Crippen molar-refractivity contribution in [3.05, 3.63) is 18.0 Å². The summed E-state index contributed by atoms with van der Waals surface area (Å²) in [6.07, 6.45) is 2.58. The number of nitrogens with zero attached hydrogens (tertiary/aromatic N) is 3. The molecule has 0 aliphatic heterocycles. The Bertz CT molecular complexity index is 316. The maximum atomic E-state index is 8.59. The lowest BCUT2D eigenvalue weighted by Gasteiger charge is -2.10. The van der Waals surface area contributed by atoms with Gasteiger partial charge in [-0.15, -0.1) is 0 Å². The van der Waals surface area contributed by atoms with E-state index in [-0.39, 0.29) is 0 Å². The zero-order valence-electron chi connectivity index (χ0n) is 7.78. The number of nitriles is 1. The van der Waals surface area contributed by atoms with E-state index >= 15 is 0 Å². The highest BCUT2D eigenvalue weighted by Gasteiger charge is 2.01. The monoisotopic (exact) mass is 176 g/mol. The van der Waals surface area contributed by atoms with Crippen LogP contribution in [0.15, 0.2) is 12.3 Å². The lowest BCUT2D eigenvalue weighted by atomic mass is 10.3. The van der Waals surface area contributed by atoms with Gasteiger partial charge in [-0.2, -0.15) is 5.26 Å². The molecule has 0 saturated carbocycles. The molecular weight excluding hydrogens is 164 g/mol. The van der Waals surface area contributed by atoms with Gasteiger partial charge in [0.2, 0.25) is 5.95 Å².